The van der Waals surface area contributed by atoms with E-state index in [0.717, 1.165) is 6.42 Å². The molecule has 1 aromatic carbocycles. The third-order valence-electron chi connectivity index (χ3n) is 3.16. The first-order chi connectivity index (χ1) is 7.79. The third kappa shape index (κ3) is 3.09. The summed E-state index contributed by atoms with van der Waals surface area (Å²) in [6, 6.07) is 10.7. The Morgan fingerprint density at radius 1 is 1.38 bits per heavy atom. The van der Waals surface area contributed by atoms with Crippen molar-refractivity contribution < 1.29 is 4.79 Å². The van der Waals surface area contributed by atoms with E-state index >= 15 is 0 Å². The van der Waals surface area contributed by atoms with Crippen LogP contribution in [0.4, 0.5) is 0 Å². The van der Waals surface area contributed by atoms with Crippen molar-refractivity contribution in [3.63, 3.8) is 0 Å². The van der Waals surface area contributed by atoms with Crippen LogP contribution in [0.15, 0.2) is 30.3 Å². The Hall–Kier alpha value is -1.31. The summed E-state index contributed by atoms with van der Waals surface area (Å²) in [6.07, 6.45) is 4.08. The molecule has 1 amide bonds. The smallest absolute Gasteiger partial charge is 0.219 e. The maximum Gasteiger partial charge on any atom is 0.219 e. The number of rotatable bonds is 5. The molecule has 2 rings (SSSR count). The van der Waals surface area contributed by atoms with Crippen LogP contribution in [-0.4, -0.2) is 11.9 Å². The fraction of sp³-hybridized carbons (Fsp3) is 0.500. The van der Waals surface area contributed by atoms with Gasteiger partial charge in [0.05, 0.1) is 0 Å². The molecule has 1 saturated carbocycles. The molecule has 1 aliphatic carbocycles. The third-order valence-corrected chi connectivity index (χ3v) is 3.16. The minimum Gasteiger partial charge on any atom is -0.353 e. The summed E-state index contributed by atoms with van der Waals surface area (Å²) in [4.78, 5) is 11.4. The average Bonchev–Trinajstić information content (AvgIpc) is 3.13. The van der Waals surface area contributed by atoms with E-state index in [9.17, 15) is 4.79 Å². The molecule has 0 heterocycles. The summed E-state index contributed by atoms with van der Waals surface area (Å²) in [7, 11) is 0. The van der Waals surface area contributed by atoms with Crippen LogP contribution in [0.5, 0.6) is 0 Å². The minimum absolute atomic E-state index is 0.174. The highest BCUT2D eigenvalue weighted by Gasteiger charge is 2.31. The van der Waals surface area contributed by atoms with Gasteiger partial charge in [-0.25, -0.2) is 0 Å². The Balaban J connectivity index is 1.95. The molecular weight excluding hydrogens is 198 g/mol. The van der Waals surface area contributed by atoms with Crippen LogP contribution in [-0.2, 0) is 11.2 Å². The van der Waals surface area contributed by atoms with E-state index in [1.807, 2.05) is 13.0 Å². The van der Waals surface area contributed by atoms with Gasteiger partial charge in [0.2, 0.25) is 5.91 Å². The molecule has 16 heavy (non-hydrogen) atoms. The molecular formula is C14H19NO. The SMILES string of the molecule is CCC(=O)N[C@H](Cc1ccccc1)C1CC1. The zero-order chi connectivity index (χ0) is 11.4. The fourth-order valence-electron chi connectivity index (χ4n) is 2.01. The summed E-state index contributed by atoms with van der Waals surface area (Å²) in [5.41, 5.74) is 1.32. The van der Waals surface area contributed by atoms with Gasteiger partial charge in [-0.3, -0.25) is 4.79 Å². The molecule has 1 atom stereocenters. The van der Waals surface area contributed by atoms with Gasteiger partial charge < -0.3 is 5.32 Å². The molecule has 0 spiro atoms. The maximum absolute atomic E-state index is 11.4. The van der Waals surface area contributed by atoms with Crippen LogP contribution in [0.2, 0.25) is 0 Å². The van der Waals surface area contributed by atoms with E-state index in [0.29, 0.717) is 18.4 Å². The summed E-state index contributed by atoms with van der Waals surface area (Å²) in [6.45, 7) is 1.90. The number of hydrogen-bond acceptors (Lipinski definition) is 1. The number of hydrogen-bond donors (Lipinski definition) is 1. The molecule has 1 N–H and O–H groups in total. The van der Waals surface area contributed by atoms with Gasteiger partial charge >= 0.3 is 0 Å². The zero-order valence-corrected chi connectivity index (χ0v) is 9.78. The highest BCUT2D eigenvalue weighted by Crippen LogP contribution is 2.34. The van der Waals surface area contributed by atoms with Crippen molar-refractivity contribution in [3.8, 4) is 0 Å². The molecule has 86 valence electrons. The fourth-order valence-corrected chi connectivity index (χ4v) is 2.01. The van der Waals surface area contributed by atoms with E-state index in [1.165, 1.54) is 18.4 Å². The van der Waals surface area contributed by atoms with Crippen molar-refractivity contribution in [3.05, 3.63) is 35.9 Å². The van der Waals surface area contributed by atoms with E-state index in [1.54, 1.807) is 0 Å². The highest BCUT2D eigenvalue weighted by atomic mass is 16.1. The minimum atomic E-state index is 0.174. The molecule has 0 aromatic heterocycles. The molecule has 2 heteroatoms. The number of amides is 1. The molecule has 0 bridgehead atoms. The number of nitrogens with one attached hydrogen (secondary N) is 1. The number of carbonyl (C=O) groups excluding carboxylic acids is 1. The van der Waals surface area contributed by atoms with Gasteiger partial charge in [0.1, 0.15) is 0 Å². The van der Waals surface area contributed by atoms with Crippen LogP contribution >= 0.6 is 0 Å². The van der Waals surface area contributed by atoms with E-state index in [-0.39, 0.29) is 5.91 Å². The lowest BCUT2D eigenvalue weighted by Crippen LogP contribution is -2.37. The van der Waals surface area contributed by atoms with E-state index in [2.05, 4.69) is 29.6 Å². The zero-order valence-electron chi connectivity index (χ0n) is 9.78. The summed E-state index contributed by atoms with van der Waals surface area (Å²) in [5.74, 6) is 0.878. The number of benzene rings is 1. The Bertz CT molecular complexity index is 343. The number of carbonyl (C=O) groups is 1. The molecule has 1 aromatic rings. The van der Waals surface area contributed by atoms with E-state index in [4.69, 9.17) is 0 Å². The molecule has 1 aliphatic rings. The lowest BCUT2D eigenvalue weighted by atomic mass is 10.0. The van der Waals surface area contributed by atoms with E-state index < -0.39 is 0 Å². The van der Waals surface area contributed by atoms with Crippen molar-refractivity contribution in [2.45, 2.75) is 38.6 Å². The predicted octanol–water partition coefficient (Wildman–Crippen LogP) is 2.53. The largest absolute Gasteiger partial charge is 0.353 e. The van der Waals surface area contributed by atoms with Crippen LogP contribution in [0.1, 0.15) is 31.7 Å². The Kier molecular flexibility index (Phi) is 3.60. The van der Waals surface area contributed by atoms with Gasteiger partial charge in [-0.05, 0) is 30.7 Å². The van der Waals surface area contributed by atoms with Crippen LogP contribution in [0, 0.1) is 5.92 Å². The van der Waals surface area contributed by atoms with Crippen LogP contribution in [0.3, 0.4) is 0 Å². The molecule has 0 aliphatic heterocycles. The van der Waals surface area contributed by atoms with Gasteiger partial charge in [-0.2, -0.15) is 0 Å². The maximum atomic E-state index is 11.4. The van der Waals surface area contributed by atoms with Gasteiger partial charge in [0.15, 0.2) is 0 Å². The van der Waals surface area contributed by atoms with Gasteiger partial charge in [-0.1, -0.05) is 37.3 Å². The Morgan fingerprint density at radius 2 is 2.06 bits per heavy atom. The van der Waals surface area contributed by atoms with Crippen molar-refractivity contribution in [2.75, 3.05) is 0 Å². The highest BCUT2D eigenvalue weighted by molar-refractivity contribution is 5.75. The lowest BCUT2D eigenvalue weighted by molar-refractivity contribution is -0.121. The second-order valence-electron chi connectivity index (χ2n) is 4.55. The standard InChI is InChI=1S/C14H19NO/c1-2-14(16)15-13(12-8-9-12)10-11-6-4-3-5-7-11/h3-7,12-13H,2,8-10H2,1H3,(H,15,16)/t13-/m1/s1. The Morgan fingerprint density at radius 3 is 2.62 bits per heavy atom. The molecule has 2 nitrogen and oxygen atoms in total. The van der Waals surface area contributed by atoms with Crippen LogP contribution < -0.4 is 5.32 Å². The topological polar surface area (TPSA) is 29.1 Å². The average molecular weight is 217 g/mol. The monoisotopic (exact) mass is 217 g/mol. The molecule has 0 radical (unpaired) electrons. The van der Waals surface area contributed by atoms with Crippen molar-refractivity contribution in [2.24, 2.45) is 5.92 Å². The van der Waals surface area contributed by atoms with Crippen molar-refractivity contribution in [1.29, 1.82) is 0 Å². The van der Waals surface area contributed by atoms with Gasteiger partial charge in [0, 0.05) is 12.5 Å². The first-order valence-electron chi connectivity index (χ1n) is 6.13. The normalized spacial score (nSPS) is 16.8. The quantitative estimate of drug-likeness (QED) is 0.806. The summed E-state index contributed by atoms with van der Waals surface area (Å²) >= 11 is 0. The summed E-state index contributed by atoms with van der Waals surface area (Å²) < 4.78 is 0. The summed E-state index contributed by atoms with van der Waals surface area (Å²) in [5, 5.41) is 3.14. The van der Waals surface area contributed by atoms with Gasteiger partial charge in [0.25, 0.3) is 0 Å². The van der Waals surface area contributed by atoms with Gasteiger partial charge in [-0.15, -0.1) is 0 Å². The lowest BCUT2D eigenvalue weighted by Gasteiger charge is -2.18. The molecule has 0 unspecified atom stereocenters. The molecule has 0 saturated heterocycles. The first-order valence-corrected chi connectivity index (χ1v) is 6.13. The van der Waals surface area contributed by atoms with Crippen LogP contribution in [0.25, 0.3) is 0 Å². The second kappa shape index (κ2) is 5.15. The Labute approximate surface area is 97.1 Å². The first kappa shape index (κ1) is 11.2. The van der Waals surface area contributed by atoms with Crippen molar-refractivity contribution in [1.82, 2.24) is 5.32 Å². The second-order valence-corrected chi connectivity index (χ2v) is 4.55. The predicted molar refractivity (Wildman–Crippen MR) is 65.1 cm³/mol. The molecule has 1 fully saturated rings. The van der Waals surface area contributed by atoms with Crippen molar-refractivity contribution >= 4 is 5.91 Å².